The summed E-state index contributed by atoms with van der Waals surface area (Å²) in [5.41, 5.74) is 11.1. The number of nitrogens with one attached hydrogen (secondary N) is 1. The quantitative estimate of drug-likeness (QED) is 0.119. The van der Waals surface area contributed by atoms with Crippen LogP contribution in [-0.4, -0.2) is 65.3 Å². The number of amides is 1. The van der Waals surface area contributed by atoms with Crippen LogP contribution in [0.5, 0.6) is 0 Å². The van der Waals surface area contributed by atoms with Gasteiger partial charge in [-0.2, -0.15) is 8.42 Å². The number of aliphatic imine (C=N–C) groups is 1. The van der Waals surface area contributed by atoms with Gasteiger partial charge in [0.15, 0.2) is 5.96 Å². The number of ether oxygens (including phenoxy) is 1. The number of aliphatic hydroxyl groups is 1. The van der Waals surface area contributed by atoms with Gasteiger partial charge in [-0.3, -0.25) is 18.7 Å². The average Bonchev–Trinajstić information content (AvgIpc) is 2.89. The van der Waals surface area contributed by atoms with Crippen molar-refractivity contribution in [2.45, 2.75) is 65.1 Å². The van der Waals surface area contributed by atoms with E-state index < -0.39 is 40.3 Å². The number of aliphatic hydroxyl groups excluding tert-OH is 1. The second-order valence-electron chi connectivity index (χ2n) is 7.03. The number of nitrogens with zero attached hydrogens (tertiary/aromatic N) is 1. The van der Waals surface area contributed by atoms with Crippen LogP contribution in [-0.2, 0) is 24.7 Å². The molecule has 0 aliphatic heterocycles. The van der Waals surface area contributed by atoms with E-state index in [0.717, 1.165) is 12.8 Å². The van der Waals surface area contributed by atoms with E-state index in [1.165, 1.54) is 6.92 Å². The lowest BCUT2D eigenvalue weighted by Gasteiger charge is -2.35. The zero-order valence-electron chi connectivity index (χ0n) is 17.7. The van der Waals surface area contributed by atoms with Gasteiger partial charge in [0, 0.05) is 18.9 Å². The number of hydrogen-bond donors (Lipinski definition) is 6. The van der Waals surface area contributed by atoms with Crippen molar-refractivity contribution in [2.24, 2.45) is 34.2 Å². The fourth-order valence-electron chi connectivity index (χ4n) is 3.88. The molecule has 30 heavy (non-hydrogen) atoms. The van der Waals surface area contributed by atoms with Crippen molar-refractivity contribution in [1.82, 2.24) is 5.32 Å². The Morgan fingerprint density at radius 2 is 1.70 bits per heavy atom. The van der Waals surface area contributed by atoms with Gasteiger partial charge >= 0.3 is 16.4 Å². The van der Waals surface area contributed by atoms with Gasteiger partial charge in [0.05, 0.1) is 24.7 Å². The summed E-state index contributed by atoms with van der Waals surface area (Å²) in [5.74, 6) is -1.76. The molecule has 0 unspecified atom stereocenters. The molecule has 0 aromatic heterocycles. The molecule has 13 heteroatoms. The fraction of sp³-hybridized carbons (Fsp3) is 0.824. The molecule has 0 radical (unpaired) electrons. The Labute approximate surface area is 177 Å². The number of esters is 1. The third kappa shape index (κ3) is 9.69. The van der Waals surface area contributed by atoms with Gasteiger partial charge in [-0.1, -0.05) is 26.7 Å². The van der Waals surface area contributed by atoms with Crippen molar-refractivity contribution in [3.63, 3.8) is 0 Å². The van der Waals surface area contributed by atoms with E-state index in [2.05, 4.69) is 10.3 Å². The van der Waals surface area contributed by atoms with E-state index in [9.17, 15) is 14.7 Å². The third-order valence-corrected chi connectivity index (χ3v) is 4.99. The van der Waals surface area contributed by atoms with Crippen molar-refractivity contribution in [3.8, 4) is 0 Å². The highest BCUT2D eigenvalue weighted by Crippen LogP contribution is 2.40. The summed E-state index contributed by atoms with van der Waals surface area (Å²) < 4.78 is 36.7. The summed E-state index contributed by atoms with van der Waals surface area (Å²) in [7, 11) is -4.67. The smallest absolute Gasteiger partial charge is 0.394 e. The molecule has 1 aliphatic carbocycles. The molecule has 176 valence electrons. The van der Waals surface area contributed by atoms with E-state index in [1.807, 2.05) is 13.8 Å². The van der Waals surface area contributed by atoms with Gasteiger partial charge in [-0.25, -0.2) is 4.99 Å². The molecule has 0 spiro atoms. The van der Waals surface area contributed by atoms with Crippen molar-refractivity contribution in [2.75, 3.05) is 6.61 Å². The largest absolute Gasteiger partial charge is 0.466 e. The Morgan fingerprint density at radius 1 is 1.20 bits per heavy atom. The highest BCUT2D eigenvalue weighted by atomic mass is 32.3. The summed E-state index contributed by atoms with van der Waals surface area (Å²) in [6.45, 7) is 7.45. The average molecular weight is 455 g/mol. The van der Waals surface area contributed by atoms with E-state index >= 15 is 0 Å². The first-order valence-electron chi connectivity index (χ1n) is 9.67. The molecule has 12 nitrogen and oxygen atoms in total. The molecule has 0 bridgehead atoms. The zero-order chi connectivity index (χ0) is 23.6. The first-order valence-corrected chi connectivity index (χ1v) is 11.1. The van der Waals surface area contributed by atoms with Crippen LogP contribution in [0.1, 0.15) is 47.0 Å². The van der Waals surface area contributed by atoms with Crippen molar-refractivity contribution in [1.29, 1.82) is 0 Å². The monoisotopic (exact) mass is 454 g/mol. The summed E-state index contributed by atoms with van der Waals surface area (Å²) in [5, 5.41) is 13.8. The molecule has 1 fully saturated rings. The van der Waals surface area contributed by atoms with E-state index in [-0.39, 0.29) is 30.4 Å². The van der Waals surface area contributed by atoms with Gasteiger partial charge in [-0.15, -0.1) is 0 Å². The van der Waals surface area contributed by atoms with Crippen LogP contribution in [0.2, 0.25) is 0 Å². The molecule has 1 saturated carbocycles. The summed E-state index contributed by atoms with van der Waals surface area (Å²) in [4.78, 5) is 28.2. The van der Waals surface area contributed by atoms with Gasteiger partial charge < -0.3 is 26.6 Å². The minimum absolute atomic E-state index is 0.0992. The molecule has 1 aliphatic rings. The lowest BCUT2D eigenvalue weighted by molar-refractivity contribution is -0.151. The van der Waals surface area contributed by atoms with Crippen LogP contribution in [0.25, 0.3) is 0 Å². The normalized spacial score (nSPS) is 24.4. The lowest BCUT2D eigenvalue weighted by Crippen LogP contribution is -2.51. The first-order chi connectivity index (χ1) is 13.8. The zero-order valence-corrected chi connectivity index (χ0v) is 18.5. The highest BCUT2D eigenvalue weighted by Gasteiger charge is 2.51. The van der Waals surface area contributed by atoms with E-state index in [4.69, 9.17) is 33.7 Å². The first kappa shape index (κ1) is 28.0. The standard InChI is InChI=1S/C17H32N4O4.H2O4S/c1-5-10(6-2)14(20-9(4)22)13-12(21-17(18)19)8-11(15(13)23)16(24)25-7-3;1-5(2,3)4/h10-15,23H,5-8H2,1-4H3,(H,20,22)(H4,18,19,21);(H2,1,2,3,4)/t11-,12+,13+,14-,15+;/m0./s1. The summed E-state index contributed by atoms with van der Waals surface area (Å²) >= 11 is 0. The maximum atomic E-state index is 12.2. The van der Waals surface area contributed by atoms with Gasteiger partial charge in [0.1, 0.15) is 0 Å². The fourth-order valence-corrected chi connectivity index (χ4v) is 3.88. The van der Waals surface area contributed by atoms with E-state index in [0.29, 0.717) is 6.42 Å². The molecule has 0 aromatic carbocycles. The van der Waals surface area contributed by atoms with Crippen molar-refractivity contribution in [3.05, 3.63) is 0 Å². The number of guanidine groups is 1. The highest BCUT2D eigenvalue weighted by molar-refractivity contribution is 7.79. The Balaban J connectivity index is 0.00000150. The van der Waals surface area contributed by atoms with Crippen LogP contribution < -0.4 is 16.8 Å². The molecule has 8 N–H and O–H groups in total. The van der Waals surface area contributed by atoms with Crippen molar-refractivity contribution >= 4 is 28.2 Å². The molecule has 1 amide bonds. The van der Waals surface area contributed by atoms with Crippen LogP contribution in [0.4, 0.5) is 0 Å². The van der Waals surface area contributed by atoms with Gasteiger partial charge in [0.2, 0.25) is 5.91 Å². The Kier molecular flexibility index (Phi) is 11.8. The van der Waals surface area contributed by atoms with Crippen LogP contribution >= 0.6 is 0 Å². The number of nitrogens with two attached hydrogens (primary N) is 2. The second kappa shape index (κ2) is 12.7. The van der Waals surface area contributed by atoms with Crippen molar-refractivity contribution < 1.29 is 37.0 Å². The predicted molar refractivity (Wildman–Crippen MR) is 110 cm³/mol. The van der Waals surface area contributed by atoms with Crippen LogP contribution in [0.15, 0.2) is 4.99 Å². The van der Waals surface area contributed by atoms with Gasteiger partial charge in [-0.05, 0) is 19.3 Å². The SMILES string of the molecule is CCOC(=O)[C@H]1C[C@@H](N=C(N)N)[C@H]([C@@H](NC(C)=O)C(CC)CC)[C@@H]1O.O=S(=O)(O)O. The second-order valence-corrected chi connectivity index (χ2v) is 7.93. The molecule has 5 atom stereocenters. The number of carbonyl (C=O) groups excluding carboxylic acids is 2. The Hall–Kier alpha value is -1.96. The van der Waals surface area contributed by atoms with Gasteiger partial charge in [0.25, 0.3) is 0 Å². The summed E-state index contributed by atoms with van der Waals surface area (Å²) in [6, 6.07) is -0.776. The maximum Gasteiger partial charge on any atom is 0.394 e. The number of rotatable bonds is 8. The molecule has 0 aromatic rings. The molecule has 1 rings (SSSR count). The molecule has 0 saturated heterocycles. The molecule has 0 heterocycles. The third-order valence-electron chi connectivity index (χ3n) is 4.99. The minimum Gasteiger partial charge on any atom is -0.466 e. The Morgan fingerprint density at radius 3 is 2.07 bits per heavy atom. The number of carbonyl (C=O) groups is 2. The van der Waals surface area contributed by atoms with Crippen LogP contribution in [0, 0.1) is 17.8 Å². The maximum absolute atomic E-state index is 12.2. The molecular weight excluding hydrogens is 420 g/mol. The Bertz CT molecular complexity index is 684. The summed E-state index contributed by atoms with van der Waals surface area (Å²) in [6.07, 6.45) is 0.954. The van der Waals surface area contributed by atoms with E-state index in [1.54, 1.807) is 6.92 Å². The molecular formula is C17H34N4O8S. The van der Waals surface area contributed by atoms with Crippen LogP contribution in [0.3, 0.4) is 0 Å². The predicted octanol–water partition coefficient (Wildman–Crippen LogP) is -0.523. The lowest BCUT2D eigenvalue weighted by atomic mass is 9.80. The minimum atomic E-state index is -4.67. The topological polar surface area (TPSA) is 215 Å². The number of hydrogen-bond acceptors (Lipinski definition) is 7.